The van der Waals surface area contributed by atoms with Gasteiger partial charge in [-0.25, -0.2) is 4.98 Å². The van der Waals surface area contributed by atoms with Gasteiger partial charge in [-0.1, -0.05) is 59.7 Å². The molecule has 3 aromatic rings. The lowest BCUT2D eigenvalue weighted by Gasteiger charge is -1.97. The Morgan fingerprint density at radius 2 is 1.59 bits per heavy atom. The SMILES string of the molecule is Cc1ccc(C=NNc2nc(-c3ccc(C)cc3)cs2)cc1. The molecule has 0 aliphatic carbocycles. The monoisotopic (exact) mass is 307 g/mol. The molecule has 0 saturated heterocycles. The van der Waals surface area contributed by atoms with Gasteiger partial charge in [-0.15, -0.1) is 11.3 Å². The number of anilines is 1. The van der Waals surface area contributed by atoms with Crippen LogP contribution in [0.5, 0.6) is 0 Å². The Labute approximate surface area is 134 Å². The number of thiazole rings is 1. The van der Waals surface area contributed by atoms with Gasteiger partial charge in [-0.2, -0.15) is 5.10 Å². The summed E-state index contributed by atoms with van der Waals surface area (Å²) < 4.78 is 0. The van der Waals surface area contributed by atoms with Crippen molar-refractivity contribution in [2.75, 3.05) is 5.43 Å². The smallest absolute Gasteiger partial charge is 0.203 e. The fourth-order valence-corrected chi connectivity index (χ4v) is 2.67. The third kappa shape index (κ3) is 3.59. The van der Waals surface area contributed by atoms with Gasteiger partial charge in [-0.3, -0.25) is 5.43 Å². The van der Waals surface area contributed by atoms with Crippen LogP contribution in [-0.2, 0) is 0 Å². The molecule has 0 amide bonds. The first-order valence-corrected chi connectivity index (χ1v) is 7.97. The fraction of sp³-hybridized carbons (Fsp3) is 0.111. The number of hydrogen-bond donors (Lipinski definition) is 1. The Balaban J connectivity index is 1.66. The Morgan fingerprint density at radius 3 is 2.27 bits per heavy atom. The van der Waals surface area contributed by atoms with Crippen LogP contribution in [0.2, 0.25) is 0 Å². The molecular formula is C18H17N3S. The number of benzene rings is 2. The summed E-state index contributed by atoms with van der Waals surface area (Å²) in [5, 5.41) is 7.06. The molecule has 1 aromatic heterocycles. The van der Waals surface area contributed by atoms with Crippen molar-refractivity contribution in [1.29, 1.82) is 0 Å². The highest BCUT2D eigenvalue weighted by Crippen LogP contribution is 2.25. The van der Waals surface area contributed by atoms with Crippen molar-refractivity contribution in [2.45, 2.75) is 13.8 Å². The summed E-state index contributed by atoms with van der Waals surface area (Å²) in [7, 11) is 0. The van der Waals surface area contributed by atoms with E-state index in [1.165, 1.54) is 11.1 Å². The lowest BCUT2D eigenvalue weighted by Crippen LogP contribution is -1.90. The highest BCUT2D eigenvalue weighted by atomic mass is 32.1. The van der Waals surface area contributed by atoms with Crippen molar-refractivity contribution in [3.63, 3.8) is 0 Å². The standard InChI is InChI=1S/C18H17N3S/c1-13-3-7-15(8-4-13)11-19-21-18-20-17(12-22-18)16-9-5-14(2)6-10-16/h3-12H,1-2H3,(H,20,21). The van der Waals surface area contributed by atoms with Gasteiger partial charge in [0.15, 0.2) is 0 Å². The Kier molecular flexibility index (Phi) is 4.30. The predicted octanol–water partition coefficient (Wildman–Crippen LogP) is 4.87. The van der Waals surface area contributed by atoms with E-state index in [2.05, 4.69) is 65.8 Å². The molecule has 0 fully saturated rings. The molecule has 1 heterocycles. The van der Waals surface area contributed by atoms with Crippen LogP contribution < -0.4 is 5.43 Å². The van der Waals surface area contributed by atoms with Gasteiger partial charge in [0.05, 0.1) is 11.9 Å². The second-order valence-corrected chi connectivity index (χ2v) is 6.04. The van der Waals surface area contributed by atoms with Gasteiger partial charge in [-0.05, 0) is 19.4 Å². The summed E-state index contributed by atoms with van der Waals surface area (Å²) >= 11 is 1.55. The number of rotatable bonds is 4. The highest BCUT2D eigenvalue weighted by molar-refractivity contribution is 7.14. The van der Waals surface area contributed by atoms with E-state index in [0.717, 1.165) is 22.0 Å². The maximum atomic E-state index is 4.55. The number of aromatic nitrogens is 1. The lowest BCUT2D eigenvalue weighted by atomic mass is 10.1. The van der Waals surface area contributed by atoms with Crippen LogP contribution in [0, 0.1) is 13.8 Å². The zero-order valence-electron chi connectivity index (χ0n) is 12.6. The summed E-state index contributed by atoms with van der Waals surface area (Å²) in [4.78, 5) is 4.55. The molecule has 3 rings (SSSR count). The summed E-state index contributed by atoms with van der Waals surface area (Å²) in [5.41, 5.74) is 8.64. The Bertz CT molecular complexity index is 771. The van der Waals surface area contributed by atoms with Crippen molar-refractivity contribution >= 4 is 22.7 Å². The van der Waals surface area contributed by atoms with Crippen LogP contribution >= 0.6 is 11.3 Å². The molecule has 0 bridgehead atoms. The maximum absolute atomic E-state index is 4.55. The van der Waals surface area contributed by atoms with E-state index in [0.29, 0.717) is 0 Å². The molecule has 0 radical (unpaired) electrons. The third-order valence-electron chi connectivity index (χ3n) is 3.30. The first-order valence-electron chi connectivity index (χ1n) is 7.09. The average molecular weight is 307 g/mol. The van der Waals surface area contributed by atoms with Crippen molar-refractivity contribution in [1.82, 2.24) is 4.98 Å². The second-order valence-electron chi connectivity index (χ2n) is 5.18. The minimum Gasteiger partial charge on any atom is -0.253 e. The highest BCUT2D eigenvalue weighted by Gasteiger charge is 2.03. The van der Waals surface area contributed by atoms with Crippen LogP contribution in [0.1, 0.15) is 16.7 Å². The molecule has 0 spiro atoms. The van der Waals surface area contributed by atoms with E-state index in [1.807, 2.05) is 17.5 Å². The van der Waals surface area contributed by atoms with Crippen LogP contribution in [0.3, 0.4) is 0 Å². The number of aryl methyl sites for hydroxylation is 2. The van der Waals surface area contributed by atoms with Crippen molar-refractivity contribution in [3.8, 4) is 11.3 Å². The van der Waals surface area contributed by atoms with Crippen molar-refractivity contribution < 1.29 is 0 Å². The maximum Gasteiger partial charge on any atom is 0.203 e. The largest absolute Gasteiger partial charge is 0.253 e. The van der Waals surface area contributed by atoms with Crippen LogP contribution in [0.15, 0.2) is 59.0 Å². The van der Waals surface area contributed by atoms with Gasteiger partial charge in [0.1, 0.15) is 0 Å². The molecular weight excluding hydrogens is 290 g/mol. The molecule has 1 N–H and O–H groups in total. The summed E-state index contributed by atoms with van der Waals surface area (Å²) in [6.45, 7) is 4.15. The Hall–Kier alpha value is -2.46. The van der Waals surface area contributed by atoms with Crippen molar-refractivity contribution in [2.24, 2.45) is 5.10 Å². The molecule has 0 atom stereocenters. The molecule has 2 aromatic carbocycles. The molecule has 110 valence electrons. The van der Waals surface area contributed by atoms with E-state index in [4.69, 9.17) is 0 Å². The quantitative estimate of drug-likeness (QED) is 0.551. The average Bonchev–Trinajstić information content (AvgIpc) is 2.99. The van der Waals surface area contributed by atoms with Gasteiger partial charge < -0.3 is 0 Å². The minimum atomic E-state index is 0.791. The molecule has 3 nitrogen and oxygen atoms in total. The number of nitrogens with one attached hydrogen (secondary N) is 1. The zero-order valence-corrected chi connectivity index (χ0v) is 13.4. The van der Waals surface area contributed by atoms with Gasteiger partial charge in [0, 0.05) is 10.9 Å². The van der Waals surface area contributed by atoms with Gasteiger partial charge in [0.25, 0.3) is 0 Å². The van der Waals surface area contributed by atoms with Crippen LogP contribution in [0.25, 0.3) is 11.3 Å². The van der Waals surface area contributed by atoms with E-state index in [9.17, 15) is 0 Å². The number of nitrogens with zero attached hydrogens (tertiary/aromatic N) is 2. The van der Waals surface area contributed by atoms with E-state index >= 15 is 0 Å². The summed E-state index contributed by atoms with van der Waals surface area (Å²) in [6.07, 6.45) is 1.80. The van der Waals surface area contributed by atoms with Crippen molar-refractivity contribution in [3.05, 3.63) is 70.6 Å². The molecule has 0 saturated carbocycles. The van der Waals surface area contributed by atoms with Crippen LogP contribution in [0.4, 0.5) is 5.13 Å². The van der Waals surface area contributed by atoms with E-state index in [-0.39, 0.29) is 0 Å². The molecule has 0 unspecified atom stereocenters. The number of hydrazone groups is 1. The third-order valence-corrected chi connectivity index (χ3v) is 4.05. The fourth-order valence-electron chi connectivity index (χ4n) is 2.00. The van der Waals surface area contributed by atoms with E-state index < -0.39 is 0 Å². The zero-order chi connectivity index (χ0) is 15.4. The normalized spacial score (nSPS) is 11.0. The number of hydrogen-bond acceptors (Lipinski definition) is 4. The molecule has 22 heavy (non-hydrogen) atoms. The molecule has 4 heteroatoms. The summed E-state index contributed by atoms with van der Waals surface area (Å²) in [5.74, 6) is 0. The van der Waals surface area contributed by atoms with E-state index in [1.54, 1.807) is 17.6 Å². The molecule has 0 aliphatic heterocycles. The van der Waals surface area contributed by atoms with Gasteiger partial charge in [0.2, 0.25) is 5.13 Å². The predicted molar refractivity (Wildman–Crippen MR) is 94.7 cm³/mol. The van der Waals surface area contributed by atoms with Crippen LogP contribution in [-0.4, -0.2) is 11.2 Å². The lowest BCUT2D eigenvalue weighted by molar-refractivity contribution is 1.29. The second kappa shape index (κ2) is 6.54. The Morgan fingerprint density at radius 1 is 0.955 bits per heavy atom. The first kappa shape index (κ1) is 14.5. The summed E-state index contributed by atoms with van der Waals surface area (Å²) in [6, 6.07) is 16.6. The topological polar surface area (TPSA) is 37.3 Å². The molecule has 0 aliphatic rings. The minimum absolute atomic E-state index is 0.791. The first-order chi connectivity index (χ1) is 10.7. The van der Waals surface area contributed by atoms with Gasteiger partial charge >= 0.3 is 0 Å².